The van der Waals surface area contributed by atoms with Gasteiger partial charge in [-0.2, -0.15) is 0 Å². The Morgan fingerprint density at radius 1 is 0.574 bits per heavy atom. The number of carbonyl (C=O) groups is 4. The van der Waals surface area contributed by atoms with Crippen LogP contribution >= 0.6 is 0 Å². The lowest BCUT2D eigenvalue weighted by Crippen LogP contribution is -2.04. The van der Waals surface area contributed by atoms with Crippen LogP contribution in [0.4, 0.5) is 0 Å². The zero-order valence-corrected chi connectivity index (χ0v) is 32.0. The van der Waals surface area contributed by atoms with E-state index in [1.54, 1.807) is 0 Å². The second-order valence-corrected chi connectivity index (χ2v) is 14.6. The number of hydrogen-bond acceptors (Lipinski definition) is 10. The zero-order chi connectivity index (χ0) is 38.6. The van der Waals surface area contributed by atoms with Crippen LogP contribution in [0.1, 0.15) is 109 Å². The molecule has 12 heteroatoms. The molecule has 4 unspecified atom stereocenters. The maximum atomic E-state index is 12.7. The molecule has 2 saturated carbocycles. The minimum Gasteiger partial charge on any atom is -0.469 e. The van der Waals surface area contributed by atoms with Crippen molar-refractivity contribution in [2.45, 2.75) is 78.1 Å². The highest BCUT2D eigenvalue weighted by atomic mass is 16.5. The van der Waals surface area contributed by atoms with Gasteiger partial charge in [0.2, 0.25) is 0 Å². The first-order valence-electron chi connectivity index (χ1n) is 18.3. The third-order valence-corrected chi connectivity index (χ3v) is 11.6. The Labute approximate surface area is 313 Å². The molecule has 4 aliphatic rings. The molecule has 0 aromatic carbocycles. The molecule has 0 saturated heterocycles. The standard InChI is InChI=1S/C42H46N4O8/c1-19-23(9-11-37(47)51-5)33-18-34-24(10-12-38(48)52-6)20(2)30(44-34)16-35-40(26-14-28(26)42(50)54-8)22(4)32(46-35)17-36-39(25-13-27(25)41(49)53-7)21(3)31(45-36)15-29(19)43-33/h15-18,25-28,45-46H,9-14H2,1-8H3. The third kappa shape index (κ3) is 6.62. The van der Waals surface area contributed by atoms with E-state index >= 15 is 0 Å². The lowest BCUT2D eigenvalue weighted by molar-refractivity contribution is -0.143. The van der Waals surface area contributed by atoms with Crippen LogP contribution in [0.3, 0.4) is 0 Å². The maximum Gasteiger partial charge on any atom is 0.309 e. The molecule has 282 valence electrons. The van der Waals surface area contributed by atoms with Gasteiger partial charge in [-0.05, 0) is 122 Å². The molecule has 7 rings (SSSR count). The lowest BCUT2D eigenvalue weighted by atomic mass is 9.98. The van der Waals surface area contributed by atoms with E-state index in [-0.39, 0.29) is 60.4 Å². The Morgan fingerprint density at radius 3 is 1.41 bits per heavy atom. The van der Waals surface area contributed by atoms with Gasteiger partial charge in [-0.25, -0.2) is 9.97 Å². The van der Waals surface area contributed by atoms with E-state index < -0.39 is 0 Å². The molecular weight excluding hydrogens is 688 g/mol. The molecule has 5 heterocycles. The van der Waals surface area contributed by atoms with Crippen LogP contribution in [0.2, 0.25) is 0 Å². The van der Waals surface area contributed by atoms with Crippen LogP contribution in [0.25, 0.3) is 44.4 Å². The minimum absolute atomic E-state index is 0.0111. The zero-order valence-electron chi connectivity index (χ0n) is 32.0. The molecule has 3 aromatic rings. The summed E-state index contributed by atoms with van der Waals surface area (Å²) < 4.78 is 20.2. The van der Waals surface area contributed by atoms with E-state index in [9.17, 15) is 19.2 Å². The van der Waals surface area contributed by atoms with Gasteiger partial charge in [0.15, 0.2) is 0 Å². The van der Waals surface area contributed by atoms with E-state index in [0.717, 1.165) is 78.0 Å². The predicted molar refractivity (Wildman–Crippen MR) is 204 cm³/mol. The molecule has 12 nitrogen and oxygen atoms in total. The number of methoxy groups -OCH3 is 4. The van der Waals surface area contributed by atoms with E-state index in [1.807, 2.05) is 32.0 Å². The van der Waals surface area contributed by atoms with Gasteiger partial charge in [0.25, 0.3) is 0 Å². The average Bonchev–Trinajstić information content (AvgIpc) is 4.03. The molecule has 3 aromatic heterocycles. The summed E-state index contributed by atoms with van der Waals surface area (Å²) in [5, 5.41) is 0. The second-order valence-electron chi connectivity index (χ2n) is 14.6. The molecule has 8 bridgehead atoms. The third-order valence-electron chi connectivity index (χ3n) is 11.6. The fraction of sp³-hybridized carbons (Fsp3) is 0.429. The van der Waals surface area contributed by atoms with Gasteiger partial charge in [0.05, 0.1) is 63.1 Å². The molecule has 0 spiro atoms. The molecule has 0 amide bonds. The number of aromatic amines is 2. The normalized spacial score (nSPS) is 20.1. The van der Waals surface area contributed by atoms with Gasteiger partial charge in [-0.15, -0.1) is 0 Å². The SMILES string of the molecule is COC(=O)CCC1=C(C)c2cc3[nH]c(cc4[nH]c(cc5nc(cc1n2)C(CCC(=O)OC)=C5C)c(C1CC1C(=O)OC)c4C)c(C1CC1C(=O)OC)c3C. The summed E-state index contributed by atoms with van der Waals surface area (Å²) in [6.45, 7) is 8.12. The highest BCUT2D eigenvalue weighted by Crippen LogP contribution is 2.53. The Bertz CT molecular complexity index is 2340. The van der Waals surface area contributed by atoms with Gasteiger partial charge < -0.3 is 28.9 Å². The van der Waals surface area contributed by atoms with Crippen molar-refractivity contribution in [3.8, 4) is 0 Å². The monoisotopic (exact) mass is 734 g/mol. The minimum atomic E-state index is -0.322. The number of aromatic nitrogens is 4. The van der Waals surface area contributed by atoms with Crippen molar-refractivity contribution < 1.29 is 38.1 Å². The highest BCUT2D eigenvalue weighted by Gasteiger charge is 2.48. The largest absolute Gasteiger partial charge is 0.469 e. The summed E-state index contributed by atoms with van der Waals surface area (Å²) in [5.74, 6) is -1.61. The quantitative estimate of drug-likeness (QED) is 0.160. The van der Waals surface area contributed by atoms with E-state index in [4.69, 9.17) is 28.9 Å². The summed E-state index contributed by atoms with van der Waals surface area (Å²) in [6.07, 6.45) is 2.54. The Balaban J connectivity index is 1.54. The van der Waals surface area contributed by atoms with Crippen LogP contribution in [-0.2, 0) is 38.1 Å². The van der Waals surface area contributed by atoms with Gasteiger partial charge in [-0.1, -0.05) is 0 Å². The number of H-pyrrole nitrogens is 2. The number of ether oxygens (including phenoxy) is 4. The summed E-state index contributed by atoms with van der Waals surface area (Å²) in [4.78, 5) is 67.7. The number of esters is 4. The summed E-state index contributed by atoms with van der Waals surface area (Å²) in [7, 11) is 5.60. The number of fused-ring (bicyclic) bond motifs is 8. The number of nitrogens with one attached hydrogen (secondary N) is 2. The Hall–Kier alpha value is -5.52. The molecule has 54 heavy (non-hydrogen) atoms. The van der Waals surface area contributed by atoms with Crippen molar-refractivity contribution in [1.29, 1.82) is 0 Å². The van der Waals surface area contributed by atoms with E-state index in [1.165, 1.54) is 28.4 Å². The molecule has 0 radical (unpaired) electrons. The van der Waals surface area contributed by atoms with Crippen molar-refractivity contribution in [2.24, 2.45) is 11.8 Å². The van der Waals surface area contributed by atoms with Crippen LogP contribution in [-0.4, -0.2) is 72.3 Å². The second kappa shape index (κ2) is 14.4. The van der Waals surface area contributed by atoms with E-state index in [2.05, 4.69) is 29.9 Å². The van der Waals surface area contributed by atoms with Crippen LogP contribution in [0.15, 0.2) is 24.3 Å². The lowest BCUT2D eigenvalue weighted by Gasteiger charge is -2.06. The number of aryl methyl sites for hydroxylation is 2. The van der Waals surface area contributed by atoms with Gasteiger partial charge >= 0.3 is 23.9 Å². The fourth-order valence-electron chi connectivity index (χ4n) is 8.24. The number of allylic oxidation sites excluding steroid dienone is 4. The van der Waals surface area contributed by atoms with Gasteiger partial charge in [0.1, 0.15) is 0 Å². The Morgan fingerprint density at radius 2 is 0.981 bits per heavy atom. The molecule has 2 N–H and O–H groups in total. The summed E-state index contributed by atoms with van der Waals surface area (Å²) in [6, 6.07) is 8.08. The van der Waals surface area contributed by atoms with E-state index in [0.29, 0.717) is 37.1 Å². The predicted octanol–water partition coefficient (Wildman–Crippen LogP) is 7.25. The number of carbonyl (C=O) groups excluding carboxylic acids is 4. The summed E-state index contributed by atoms with van der Waals surface area (Å²) in [5.41, 5.74) is 14.0. The van der Waals surface area contributed by atoms with Crippen molar-refractivity contribution in [3.63, 3.8) is 0 Å². The highest BCUT2D eigenvalue weighted by molar-refractivity contribution is 5.97. The number of nitrogens with zero attached hydrogens (tertiary/aromatic N) is 2. The topological polar surface area (TPSA) is 163 Å². The summed E-state index contributed by atoms with van der Waals surface area (Å²) >= 11 is 0. The average molecular weight is 735 g/mol. The van der Waals surface area contributed by atoms with Gasteiger partial charge in [0, 0.05) is 46.7 Å². The Kier molecular flexibility index (Phi) is 9.80. The van der Waals surface area contributed by atoms with Crippen molar-refractivity contribution in [2.75, 3.05) is 28.4 Å². The van der Waals surface area contributed by atoms with Gasteiger partial charge in [-0.3, -0.25) is 19.2 Å². The first-order valence-corrected chi connectivity index (χ1v) is 18.3. The van der Waals surface area contributed by atoms with Crippen molar-refractivity contribution in [3.05, 3.63) is 69.3 Å². The van der Waals surface area contributed by atoms with Crippen LogP contribution < -0.4 is 0 Å². The first kappa shape index (κ1) is 36.8. The molecule has 2 aliphatic heterocycles. The molecule has 2 aliphatic carbocycles. The van der Waals surface area contributed by atoms with Crippen LogP contribution in [0, 0.1) is 25.7 Å². The van der Waals surface area contributed by atoms with Crippen molar-refractivity contribution in [1.82, 2.24) is 19.9 Å². The maximum absolute atomic E-state index is 12.7. The first-order chi connectivity index (χ1) is 25.9. The number of hydrogen-bond donors (Lipinski definition) is 2. The molecular formula is C42H46N4O8. The number of rotatable bonds is 10. The van der Waals surface area contributed by atoms with Crippen LogP contribution in [0.5, 0.6) is 0 Å². The smallest absolute Gasteiger partial charge is 0.309 e. The molecule has 4 atom stereocenters. The molecule has 2 fully saturated rings. The van der Waals surface area contributed by atoms with Crippen molar-refractivity contribution >= 4 is 68.2 Å². The fourth-order valence-corrected chi connectivity index (χ4v) is 8.24.